The molecule has 1 heterocycles. The van der Waals surface area contributed by atoms with Gasteiger partial charge in [-0.3, -0.25) is 9.89 Å². The summed E-state index contributed by atoms with van der Waals surface area (Å²) in [4.78, 5) is 11.5. The average molecular weight is 276 g/mol. The van der Waals surface area contributed by atoms with Crippen molar-refractivity contribution in [3.8, 4) is 5.75 Å². The molecule has 0 fully saturated rings. The lowest BCUT2D eigenvalue weighted by Crippen LogP contribution is -2.18. The number of rotatable bonds is 4. The van der Waals surface area contributed by atoms with E-state index in [1.165, 1.54) is 6.21 Å². The van der Waals surface area contributed by atoms with Gasteiger partial charge >= 0.3 is 0 Å². The fourth-order valence-electron chi connectivity index (χ4n) is 1.43. The average Bonchev–Trinajstić information content (AvgIpc) is 2.39. The van der Waals surface area contributed by atoms with E-state index in [0.29, 0.717) is 6.61 Å². The topological polar surface area (TPSA) is 72.3 Å². The highest BCUT2D eigenvalue weighted by Gasteiger charge is 1.96. The van der Waals surface area contributed by atoms with E-state index < -0.39 is 0 Å². The van der Waals surface area contributed by atoms with Gasteiger partial charge in [0.25, 0.3) is 5.56 Å². The lowest BCUT2D eigenvalue weighted by Gasteiger charge is -2.02. The highest BCUT2D eigenvalue weighted by molar-refractivity contribution is 7.71. The van der Waals surface area contributed by atoms with Crippen molar-refractivity contribution in [3.05, 3.63) is 51.2 Å². The van der Waals surface area contributed by atoms with Gasteiger partial charge in [-0.05, 0) is 36.8 Å². The maximum Gasteiger partial charge on any atom is 0.293 e. The minimum atomic E-state index is -0.388. The molecule has 0 bridgehead atoms. The number of aromatic nitrogens is 3. The number of aromatic amines is 1. The number of H-pyrrole nitrogens is 1. The molecule has 7 heteroatoms. The first-order valence-electron chi connectivity index (χ1n) is 5.64. The van der Waals surface area contributed by atoms with Gasteiger partial charge in [0, 0.05) is 0 Å². The second-order valence-electron chi connectivity index (χ2n) is 3.58. The number of ether oxygens (including phenoxy) is 1. The van der Waals surface area contributed by atoms with Crippen LogP contribution in [0.3, 0.4) is 0 Å². The summed E-state index contributed by atoms with van der Waals surface area (Å²) in [7, 11) is 0. The van der Waals surface area contributed by atoms with E-state index in [4.69, 9.17) is 17.0 Å². The highest BCUT2D eigenvalue weighted by Crippen LogP contribution is 2.11. The molecule has 0 saturated heterocycles. The molecule has 98 valence electrons. The summed E-state index contributed by atoms with van der Waals surface area (Å²) in [6, 6.07) is 7.38. The lowest BCUT2D eigenvalue weighted by atomic mass is 10.2. The first-order chi connectivity index (χ1) is 9.20. The third kappa shape index (κ3) is 3.35. The molecular formula is C12H12N4O2S. The van der Waals surface area contributed by atoms with Crippen LogP contribution in [0.4, 0.5) is 0 Å². The molecule has 0 spiro atoms. The zero-order valence-corrected chi connectivity index (χ0v) is 11.1. The number of nitrogens with one attached hydrogen (secondary N) is 1. The summed E-state index contributed by atoms with van der Waals surface area (Å²) in [5, 5.41) is 10.1. The van der Waals surface area contributed by atoms with Crippen LogP contribution in [0.5, 0.6) is 5.75 Å². The zero-order valence-electron chi connectivity index (χ0n) is 10.2. The van der Waals surface area contributed by atoms with Gasteiger partial charge in [0.2, 0.25) is 4.77 Å². The molecule has 0 aliphatic carbocycles. The smallest absolute Gasteiger partial charge is 0.293 e. The second kappa shape index (κ2) is 6.05. The van der Waals surface area contributed by atoms with Crippen LogP contribution in [0.25, 0.3) is 0 Å². The Labute approximate surface area is 114 Å². The second-order valence-corrected chi connectivity index (χ2v) is 3.96. The van der Waals surface area contributed by atoms with Gasteiger partial charge < -0.3 is 4.74 Å². The Morgan fingerprint density at radius 3 is 3.16 bits per heavy atom. The normalized spacial score (nSPS) is 10.8. The largest absolute Gasteiger partial charge is 0.494 e. The monoisotopic (exact) mass is 276 g/mol. The molecule has 2 aromatic rings. The molecule has 0 aliphatic heterocycles. The van der Waals surface area contributed by atoms with Crippen molar-refractivity contribution in [2.45, 2.75) is 6.92 Å². The quantitative estimate of drug-likeness (QED) is 0.680. The Bertz CT molecular complexity index is 677. The Balaban J connectivity index is 2.30. The van der Waals surface area contributed by atoms with Crippen LogP contribution >= 0.6 is 12.2 Å². The zero-order chi connectivity index (χ0) is 13.7. The van der Waals surface area contributed by atoms with Gasteiger partial charge in [-0.25, -0.2) is 0 Å². The maximum atomic E-state index is 11.5. The van der Waals surface area contributed by atoms with Crippen LogP contribution < -0.4 is 10.3 Å². The standard InChI is InChI=1S/C12H12N4O2S/c1-2-18-10-5-3-4-9(6-10)7-14-16-11(17)8-13-15-12(16)19/h3-8H,2H2,1H3,(H,15,19)/b14-7+. The van der Waals surface area contributed by atoms with Crippen molar-refractivity contribution >= 4 is 18.4 Å². The molecule has 19 heavy (non-hydrogen) atoms. The molecular weight excluding hydrogens is 264 g/mol. The van der Waals surface area contributed by atoms with Crippen LogP contribution in [-0.4, -0.2) is 27.7 Å². The van der Waals surface area contributed by atoms with E-state index in [9.17, 15) is 4.79 Å². The van der Waals surface area contributed by atoms with E-state index in [0.717, 1.165) is 22.2 Å². The van der Waals surface area contributed by atoms with Gasteiger partial charge in [0.15, 0.2) is 0 Å². The number of nitrogens with zero attached hydrogens (tertiary/aromatic N) is 3. The SMILES string of the molecule is CCOc1cccc(/C=N/n2c(=O)cn[nH]c2=S)c1. The number of benzene rings is 1. The van der Waals surface area contributed by atoms with Crippen molar-refractivity contribution in [1.82, 2.24) is 14.9 Å². The van der Waals surface area contributed by atoms with Gasteiger partial charge in [-0.15, -0.1) is 0 Å². The predicted octanol–water partition coefficient (Wildman–Crippen LogP) is 1.58. The fourth-order valence-corrected chi connectivity index (χ4v) is 1.62. The molecule has 0 aliphatic rings. The summed E-state index contributed by atoms with van der Waals surface area (Å²) in [5.74, 6) is 0.749. The lowest BCUT2D eigenvalue weighted by molar-refractivity contribution is 0.340. The van der Waals surface area contributed by atoms with E-state index in [-0.39, 0.29) is 10.3 Å². The molecule has 0 atom stereocenters. The molecule has 2 rings (SSSR count). The van der Waals surface area contributed by atoms with E-state index >= 15 is 0 Å². The minimum absolute atomic E-state index is 0.143. The van der Waals surface area contributed by atoms with Crippen molar-refractivity contribution < 1.29 is 4.74 Å². The van der Waals surface area contributed by atoms with Gasteiger partial charge in [-0.2, -0.15) is 14.9 Å². The number of hydrogen-bond acceptors (Lipinski definition) is 5. The third-order valence-corrected chi connectivity index (χ3v) is 2.49. The first-order valence-corrected chi connectivity index (χ1v) is 6.05. The highest BCUT2D eigenvalue weighted by atomic mass is 32.1. The summed E-state index contributed by atoms with van der Waals surface area (Å²) in [6.07, 6.45) is 2.65. The van der Waals surface area contributed by atoms with Crippen molar-refractivity contribution in [2.24, 2.45) is 5.10 Å². The fraction of sp³-hybridized carbons (Fsp3) is 0.167. The molecule has 6 nitrogen and oxygen atoms in total. The summed E-state index contributed by atoms with van der Waals surface area (Å²) >= 11 is 4.93. The maximum absolute atomic E-state index is 11.5. The summed E-state index contributed by atoms with van der Waals surface area (Å²) < 4.78 is 6.59. The molecule has 0 radical (unpaired) electrons. The van der Waals surface area contributed by atoms with E-state index in [1.54, 1.807) is 0 Å². The molecule has 0 saturated carbocycles. The van der Waals surface area contributed by atoms with E-state index in [1.807, 2.05) is 31.2 Å². The summed E-state index contributed by atoms with van der Waals surface area (Å²) in [6.45, 7) is 2.51. The molecule has 1 N–H and O–H groups in total. The van der Waals surface area contributed by atoms with Crippen molar-refractivity contribution in [1.29, 1.82) is 0 Å². The van der Waals surface area contributed by atoms with Crippen molar-refractivity contribution in [3.63, 3.8) is 0 Å². The molecule has 1 aromatic heterocycles. The van der Waals surface area contributed by atoms with Crippen molar-refractivity contribution in [2.75, 3.05) is 6.61 Å². The molecule has 0 amide bonds. The van der Waals surface area contributed by atoms with Crippen LogP contribution in [0.1, 0.15) is 12.5 Å². The van der Waals surface area contributed by atoms with Crippen LogP contribution in [0.15, 0.2) is 40.4 Å². The Hall–Kier alpha value is -2.28. The van der Waals surface area contributed by atoms with E-state index in [2.05, 4.69) is 15.3 Å². The van der Waals surface area contributed by atoms with Gasteiger partial charge in [-0.1, -0.05) is 12.1 Å². The third-order valence-electron chi connectivity index (χ3n) is 2.23. The Kier molecular flexibility index (Phi) is 4.19. The van der Waals surface area contributed by atoms with Crippen LogP contribution in [0, 0.1) is 4.77 Å². The predicted molar refractivity (Wildman–Crippen MR) is 74.3 cm³/mol. The first kappa shape index (κ1) is 13.2. The molecule has 1 aromatic carbocycles. The van der Waals surface area contributed by atoms with Gasteiger partial charge in [0.1, 0.15) is 11.9 Å². The number of hydrogen-bond donors (Lipinski definition) is 1. The van der Waals surface area contributed by atoms with Crippen LogP contribution in [0.2, 0.25) is 0 Å². The summed E-state index contributed by atoms with van der Waals surface area (Å²) in [5.41, 5.74) is 0.421. The van der Waals surface area contributed by atoms with Crippen LogP contribution in [-0.2, 0) is 0 Å². The minimum Gasteiger partial charge on any atom is -0.494 e. The van der Waals surface area contributed by atoms with Gasteiger partial charge in [0.05, 0.1) is 12.8 Å². The Morgan fingerprint density at radius 2 is 2.42 bits per heavy atom. The Morgan fingerprint density at radius 1 is 1.58 bits per heavy atom. The molecule has 0 unspecified atom stereocenters.